The van der Waals surface area contributed by atoms with Gasteiger partial charge in [-0.2, -0.15) is 0 Å². The van der Waals surface area contributed by atoms with Crippen LogP contribution >= 0.6 is 0 Å². The highest BCUT2D eigenvalue weighted by Crippen LogP contribution is 2.55. The Morgan fingerprint density at radius 1 is 0.289 bits per heavy atom. The molecule has 0 saturated carbocycles. The number of fused-ring (bicyclic) bond motifs is 18. The molecule has 13 aromatic carbocycles. The second kappa shape index (κ2) is 19.1. The average Bonchev–Trinajstić information content (AvgIpc) is 1.50. The molecule has 0 saturated heterocycles. The van der Waals surface area contributed by atoms with E-state index >= 15 is 0 Å². The summed E-state index contributed by atoms with van der Waals surface area (Å²) in [6.45, 7) is 9.03. The minimum Gasteiger partial charge on any atom is -0.454 e. The molecule has 6 aromatic heterocycles. The molecule has 19 aromatic rings. The van der Waals surface area contributed by atoms with Crippen molar-refractivity contribution in [1.82, 2.24) is 8.80 Å². The Morgan fingerprint density at radius 3 is 1.07 bits per heavy atom. The summed E-state index contributed by atoms with van der Waals surface area (Å²) in [5, 5.41) is 14.1. The van der Waals surface area contributed by atoms with Crippen LogP contribution in [0.4, 0.5) is 34.1 Å². The van der Waals surface area contributed by atoms with E-state index in [0.29, 0.717) is 11.8 Å². The third-order valence-electron chi connectivity index (χ3n) is 19.5. The summed E-state index contributed by atoms with van der Waals surface area (Å²) in [7, 11) is 0. The Kier molecular flexibility index (Phi) is 10.8. The van der Waals surface area contributed by atoms with Crippen molar-refractivity contribution in [2.45, 2.75) is 39.5 Å². The molecule has 0 unspecified atom stereocenters. The summed E-state index contributed by atoms with van der Waals surface area (Å²) in [4.78, 5) is 4.80. The van der Waals surface area contributed by atoms with Crippen LogP contribution in [0.15, 0.2) is 276 Å². The highest BCUT2D eigenvalue weighted by atomic mass is 16.3. The standard InChI is InChI=1S/C84H58N4O2/c1-49(2)51-35-39-55(40-36-51)85(69-31-17-27-65-61-23-11-13-33-73(61)89-83(65)69)57-43-45-59-63-25-15-29-67-77-76(54-21-9-6-10-22-54)82-78(75(53-19-7-5-8-20-53)81(77)87(79(63)67)71(59)47-57)68-30-16-26-64-60-46-44-58(48-72(60)88(82)80(64)68)86(56-41-37-52(38-42-56)50(3)4)70-32-18-28-66-62-24-12-14-34-74(62)90-84(66)70/h5-50H,1-4H3. The molecule has 0 atom stereocenters. The molecule has 6 nitrogen and oxygen atoms in total. The van der Waals surface area contributed by atoms with Crippen molar-refractivity contribution in [3.63, 3.8) is 0 Å². The topological polar surface area (TPSA) is 41.6 Å². The van der Waals surface area contributed by atoms with E-state index in [9.17, 15) is 0 Å². The normalized spacial score (nSPS) is 12.4. The molecule has 90 heavy (non-hydrogen) atoms. The molecule has 0 radical (unpaired) electrons. The fourth-order valence-corrected chi connectivity index (χ4v) is 15.4. The van der Waals surface area contributed by atoms with Gasteiger partial charge in [-0.1, -0.05) is 222 Å². The van der Waals surface area contributed by atoms with Gasteiger partial charge in [0.25, 0.3) is 0 Å². The van der Waals surface area contributed by atoms with Crippen molar-refractivity contribution in [1.29, 1.82) is 0 Å². The van der Waals surface area contributed by atoms with Gasteiger partial charge in [0.15, 0.2) is 11.2 Å². The lowest BCUT2D eigenvalue weighted by atomic mass is 9.89. The van der Waals surface area contributed by atoms with E-state index in [-0.39, 0.29) is 0 Å². The minimum absolute atomic E-state index is 0.390. The zero-order chi connectivity index (χ0) is 59.6. The molecule has 6 heteroatoms. The number of furan rings is 2. The van der Waals surface area contributed by atoms with Gasteiger partial charge < -0.3 is 27.4 Å². The van der Waals surface area contributed by atoms with Gasteiger partial charge in [-0.05, 0) is 107 Å². The van der Waals surface area contributed by atoms with Crippen LogP contribution in [-0.4, -0.2) is 8.80 Å². The van der Waals surface area contributed by atoms with Gasteiger partial charge in [0, 0.05) is 98.5 Å². The molecule has 0 N–H and O–H groups in total. The lowest BCUT2D eigenvalue weighted by Gasteiger charge is -2.26. The van der Waals surface area contributed by atoms with Crippen LogP contribution in [0.25, 0.3) is 142 Å². The van der Waals surface area contributed by atoms with Crippen molar-refractivity contribution in [3.05, 3.63) is 278 Å². The number of anilines is 6. The molecule has 0 aliphatic carbocycles. The molecule has 6 heterocycles. The number of aromatic nitrogens is 2. The number of rotatable bonds is 10. The Labute approximate surface area is 518 Å². The van der Waals surface area contributed by atoms with E-state index in [1.165, 1.54) is 87.4 Å². The third kappa shape index (κ3) is 7.10. The highest BCUT2D eigenvalue weighted by molar-refractivity contribution is 6.38. The van der Waals surface area contributed by atoms with Crippen molar-refractivity contribution in [3.8, 4) is 22.3 Å². The van der Waals surface area contributed by atoms with E-state index < -0.39 is 0 Å². The summed E-state index contributed by atoms with van der Waals surface area (Å²) in [6, 6.07) is 98.6. The first-order valence-corrected chi connectivity index (χ1v) is 31.5. The molecule has 0 bridgehead atoms. The Hall–Kier alpha value is -11.3. The van der Waals surface area contributed by atoms with Crippen LogP contribution in [-0.2, 0) is 0 Å². The molecular formula is C84H58N4O2. The molecule has 0 fully saturated rings. The number of benzene rings is 13. The van der Waals surface area contributed by atoms with E-state index in [4.69, 9.17) is 8.83 Å². The first kappa shape index (κ1) is 50.8. The number of nitrogens with zero attached hydrogens (tertiary/aromatic N) is 4. The summed E-state index contributed by atoms with van der Waals surface area (Å²) in [5.41, 5.74) is 24.0. The van der Waals surface area contributed by atoms with Gasteiger partial charge in [0.2, 0.25) is 0 Å². The van der Waals surface area contributed by atoms with Crippen molar-refractivity contribution < 1.29 is 8.83 Å². The number of hydrogen-bond acceptors (Lipinski definition) is 4. The predicted octanol–water partition coefficient (Wildman–Crippen LogP) is 24.3. The van der Waals surface area contributed by atoms with Crippen LogP contribution in [0.2, 0.25) is 0 Å². The van der Waals surface area contributed by atoms with E-state index in [1.54, 1.807) is 0 Å². The monoisotopic (exact) mass is 1150 g/mol. The molecule has 0 spiro atoms. The maximum Gasteiger partial charge on any atom is 0.159 e. The van der Waals surface area contributed by atoms with Crippen LogP contribution in [0, 0.1) is 0 Å². The van der Waals surface area contributed by atoms with Crippen LogP contribution < -0.4 is 9.80 Å². The molecule has 0 aliphatic rings. The molecular weight excluding hydrogens is 1100 g/mol. The fourth-order valence-electron chi connectivity index (χ4n) is 15.4. The minimum atomic E-state index is 0.390. The van der Waals surface area contributed by atoms with Crippen molar-refractivity contribution >= 4 is 154 Å². The van der Waals surface area contributed by atoms with Gasteiger partial charge in [0.05, 0.1) is 44.5 Å². The van der Waals surface area contributed by atoms with Gasteiger partial charge in [-0.3, -0.25) is 0 Å². The smallest absolute Gasteiger partial charge is 0.159 e. The van der Waals surface area contributed by atoms with Gasteiger partial charge in [-0.15, -0.1) is 0 Å². The second-order valence-electron chi connectivity index (χ2n) is 25.1. The first-order chi connectivity index (χ1) is 44.3. The lowest BCUT2D eigenvalue weighted by molar-refractivity contribution is 0.668. The van der Waals surface area contributed by atoms with E-state index in [2.05, 4.69) is 313 Å². The van der Waals surface area contributed by atoms with E-state index in [1.807, 2.05) is 0 Å². The summed E-state index contributed by atoms with van der Waals surface area (Å²) < 4.78 is 19.0. The van der Waals surface area contributed by atoms with Crippen LogP contribution in [0.5, 0.6) is 0 Å². The number of para-hydroxylation sites is 6. The summed E-state index contributed by atoms with van der Waals surface area (Å²) >= 11 is 0. The molecule has 426 valence electrons. The van der Waals surface area contributed by atoms with Gasteiger partial charge in [-0.25, -0.2) is 0 Å². The quantitative estimate of drug-likeness (QED) is 0.137. The maximum absolute atomic E-state index is 6.88. The summed E-state index contributed by atoms with van der Waals surface area (Å²) in [6.07, 6.45) is 0. The summed E-state index contributed by atoms with van der Waals surface area (Å²) in [5.74, 6) is 0.779. The van der Waals surface area contributed by atoms with E-state index in [0.717, 1.165) is 100 Å². The lowest BCUT2D eigenvalue weighted by Crippen LogP contribution is -2.10. The van der Waals surface area contributed by atoms with Crippen LogP contribution in [0.1, 0.15) is 50.7 Å². The predicted molar refractivity (Wildman–Crippen MR) is 379 cm³/mol. The Balaban J connectivity index is 0.942. The zero-order valence-corrected chi connectivity index (χ0v) is 50.2. The SMILES string of the molecule is CC(C)c1ccc(N(c2ccc3c4cccc5c6c(-c7ccccc7)c7c(c(-c8ccccc8)c6n(c3c2)c45)c2cccc3c4ccc(N(c5ccc(C(C)C)cc5)c5cccc6c5oc5ccccc56)cc4n7c32)c2cccc3c2oc2ccccc23)cc1. The first-order valence-electron chi connectivity index (χ1n) is 31.5. The Bertz CT molecular complexity index is 5710. The van der Waals surface area contributed by atoms with Crippen molar-refractivity contribution in [2.24, 2.45) is 0 Å². The fraction of sp³-hybridized carbons (Fsp3) is 0.0714. The molecule has 0 amide bonds. The van der Waals surface area contributed by atoms with Crippen LogP contribution in [0.3, 0.4) is 0 Å². The molecule has 0 aliphatic heterocycles. The van der Waals surface area contributed by atoms with Gasteiger partial charge >= 0.3 is 0 Å². The third-order valence-corrected chi connectivity index (χ3v) is 19.5. The molecule has 19 rings (SSSR count). The Morgan fingerprint density at radius 2 is 0.644 bits per heavy atom. The second-order valence-corrected chi connectivity index (χ2v) is 25.1. The highest BCUT2D eigenvalue weighted by Gasteiger charge is 2.32. The van der Waals surface area contributed by atoms with Gasteiger partial charge in [0.1, 0.15) is 11.2 Å². The largest absolute Gasteiger partial charge is 0.454 e. The van der Waals surface area contributed by atoms with Crippen molar-refractivity contribution in [2.75, 3.05) is 9.80 Å². The average molecular weight is 1160 g/mol. The number of hydrogen-bond donors (Lipinski definition) is 0. The maximum atomic E-state index is 6.88. The zero-order valence-electron chi connectivity index (χ0n) is 50.2.